The molecule has 2 rings (SSSR count). The standard InChI is InChI=1S/C19H28N2O2/c1-12(2)14(4)20-18-7-5-6-17(13(18)3)19(23)21-16-9-8-15(10-16)11-22/h5-9,12,14-16,20,22H,10-11H2,1-4H3,(H,21,23)/t14?,15-,16+/m0/s1. The maximum atomic E-state index is 12.6. The number of carbonyl (C=O) groups is 1. The van der Waals surface area contributed by atoms with E-state index >= 15 is 0 Å². The van der Waals surface area contributed by atoms with Crippen LogP contribution in [0.5, 0.6) is 0 Å². The van der Waals surface area contributed by atoms with Crippen LogP contribution in [0.1, 0.15) is 43.1 Å². The molecule has 4 nitrogen and oxygen atoms in total. The van der Waals surface area contributed by atoms with Crippen LogP contribution in [0.4, 0.5) is 5.69 Å². The second-order valence-electron chi connectivity index (χ2n) is 6.80. The number of hydrogen-bond donors (Lipinski definition) is 3. The van der Waals surface area contributed by atoms with Crippen LogP contribution in [-0.4, -0.2) is 29.7 Å². The van der Waals surface area contributed by atoms with E-state index in [2.05, 4.69) is 31.4 Å². The summed E-state index contributed by atoms with van der Waals surface area (Å²) in [6.07, 6.45) is 4.71. The molecule has 0 heterocycles. The molecule has 3 N–H and O–H groups in total. The van der Waals surface area contributed by atoms with Crippen molar-refractivity contribution in [2.24, 2.45) is 11.8 Å². The number of amides is 1. The Labute approximate surface area is 139 Å². The van der Waals surface area contributed by atoms with E-state index in [1.54, 1.807) is 0 Å². The maximum Gasteiger partial charge on any atom is 0.252 e. The Morgan fingerprint density at radius 2 is 2.04 bits per heavy atom. The Kier molecular flexibility index (Phi) is 5.83. The molecule has 1 aromatic rings. The van der Waals surface area contributed by atoms with E-state index in [9.17, 15) is 9.90 Å². The van der Waals surface area contributed by atoms with Gasteiger partial charge < -0.3 is 15.7 Å². The van der Waals surface area contributed by atoms with E-state index in [1.807, 2.05) is 37.3 Å². The van der Waals surface area contributed by atoms with Crippen molar-refractivity contribution in [3.05, 3.63) is 41.5 Å². The molecule has 1 aliphatic carbocycles. The molecule has 0 saturated carbocycles. The van der Waals surface area contributed by atoms with E-state index in [4.69, 9.17) is 0 Å². The van der Waals surface area contributed by atoms with Crippen LogP contribution in [0.3, 0.4) is 0 Å². The molecule has 3 atom stereocenters. The Bertz CT molecular complexity index is 581. The third kappa shape index (κ3) is 4.35. The number of aliphatic hydroxyl groups is 1. The number of hydrogen-bond acceptors (Lipinski definition) is 3. The van der Waals surface area contributed by atoms with Crippen LogP contribution in [-0.2, 0) is 0 Å². The van der Waals surface area contributed by atoms with Gasteiger partial charge in [0.05, 0.1) is 0 Å². The first-order valence-electron chi connectivity index (χ1n) is 8.38. The van der Waals surface area contributed by atoms with E-state index in [1.165, 1.54) is 0 Å². The fourth-order valence-electron chi connectivity index (χ4n) is 2.71. The van der Waals surface area contributed by atoms with Gasteiger partial charge in [-0.15, -0.1) is 0 Å². The minimum Gasteiger partial charge on any atom is -0.396 e. The smallest absolute Gasteiger partial charge is 0.252 e. The van der Waals surface area contributed by atoms with E-state index in [0.717, 1.165) is 17.7 Å². The molecular formula is C19H28N2O2. The van der Waals surface area contributed by atoms with Gasteiger partial charge in [0.2, 0.25) is 0 Å². The van der Waals surface area contributed by atoms with Crippen LogP contribution >= 0.6 is 0 Å². The summed E-state index contributed by atoms with van der Waals surface area (Å²) in [6.45, 7) is 8.61. The molecule has 0 saturated heterocycles. The summed E-state index contributed by atoms with van der Waals surface area (Å²) in [5.41, 5.74) is 2.68. The molecule has 0 aromatic heterocycles. The second-order valence-corrected chi connectivity index (χ2v) is 6.80. The third-order valence-electron chi connectivity index (χ3n) is 4.68. The molecule has 0 spiro atoms. The number of aliphatic hydroxyl groups excluding tert-OH is 1. The van der Waals surface area contributed by atoms with Crippen molar-refractivity contribution in [3.8, 4) is 0 Å². The monoisotopic (exact) mass is 316 g/mol. The molecule has 0 fully saturated rings. The second kappa shape index (κ2) is 7.64. The number of rotatable bonds is 6. The van der Waals surface area contributed by atoms with Crippen molar-refractivity contribution >= 4 is 11.6 Å². The molecule has 4 heteroatoms. The topological polar surface area (TPSA) is 61.4 Å². The number of carbonyl (C=O) groups excluding carboxylic acids is 1. The summed E-state index contributed by atoms with van der Waals surface area (Å²) >= 11 is 0. The summed E-state index contributed by atoms with van der Waals surface area (Å²) in [6, 6.07) is 6.14. The van der Waals surface area contributed by atoms with Crippen molar-refractivity contribution in [2.75, 3.05) is 11.9 Å². The van der Waals surface area contributed by atoms with Crippen molar-refractivity contribution in [3.63, 3.8) is 0 Å². The van der Waals surface area contributed by atoms with Gasteiger partial charge in [0.1, 0.15) is 0 Å². The van der Waals surface area contributed by atoms with Gasteiger partial charge in [-0.2, -0.15) is 0 Å². The zero-order chi connectivity index (χ0) is 17.0. The number of nitrogens with one attached hydrogen (secondary N) is 2. The normalized spacial score (nSPS) is 21.5. The SMILES string of the molecule is Cc1c(NC(C)C(C)C)cccc1C(=O)N[C@@H]1C=C[C@H](CO)C1. The molecular weight excluding hydrogens is 288 g/mol. The van der Waals surface area contributed by atoms with Crippen molar-refractivity contribution in [1.29, 1.82) is 0 Å². The predicted octanol–water partition coefficient (Wildman–Crippen LogP) is 3.12. The summed E-state index contributed by atoms with van der Waals surface area (Å²) in [7, 11) is 0. The highest BCUT2D eigenvalue weighted by Crippen LogP contribution is 2.22. The lowest BCUT2D eigenvalue weighted by Crippen LogP contribution is -2.33. The summed E-state index contributed by atoms with van der Waals surface area (Å²) in [4.78, 5) is 12.6. The third-order valence-corrected chi connectivity index (χ3v) is 4.68. The minimum absolute atomic E-state index is 0.00486. The van der Waals surface area contributed by atoms with Gasteiger partial charge in [-0.3, -0.25) is 4.79 Å². The first-order valence-corrected chi connectivity index (χ1v) is 8.38. The van der Waals surface area contributed by atoms with E-state index in [-0.39, 0.29) is 24.5 Å². The fourth-order valence-corrected chi connectivity index (χ4v) is 2.71. The molecule has 23 heavy (non-hydrogen) atoms. The molecule has 1 aromatic carbocycles. The first kappa shape index (κ1) is 17.5. The van der Waals surface area contributed by atoms with Crippen LogP contribution in [0.2, 0.25) is 0 Å². The summed E-state index contributed by atoms with van der Waals surface area (Å²) < 4.78 is 0. The lowest BCUT2D eigenvalue weighted by molar-refractivity contribution is 0.0940. The minimum atomic E-state index is -0.0587. The zero-order valence-electron chi connectivity index (χ0n) is 14.5. The molecule has 0 radical (unpaired) electrons. The average molecular weight is 316 g/mol. The van der Waals surface area contributed by atoms with Crippen LogP contribution in [0, 0.1) is 18.8 Å². The highest BCUT2D eigenvalue weighted by atomic mass is 16.3. The van der Waals surface area contributed by atoms with Crippen LogP contribution in [0.25, 0.3) is 0 Å². The molecule has 0 bridgehead atoms. The predicted molar refractivity (Wildman–Crippen MR) is 94.7 cm³/mol. The highest BCUT2D eigenvalue weighted by molar-refractivity contribution is 5.97. The first-order chi connectivity index (χ1) is 10.9. The Morgan fingerprint density at radius 1 is 1.30 bits per heavy atom. The Hall–Kier alpha value is -1.81. The summed E-state index contributed by atoms with van der Waals surface area (Å²) in [5, 5.41) is 15.7. The average Bonchev–Trinajstić information content (AvgIpc) is 2.96. The van der Waals surface area contributed by atoms with Crippen LogP contribution in [0.15, 0.2) is 30.4 Å². The Balaban J connectivity index is 2.07. The zero-order valence-corrected chi connectivity index (χ0v) is 14.5. The fraction of sp³-hybridized carbons (Fsp3) is 0.526. The lowest BCUT2D eigenvalue weighted by Gasteiger charge is -2.21. The van der Waals surface area contributed by atoms with Gasteiger partial charge in [-0.05, 0) is 43.9 Å². The molecule has 1 unspecified atom stereocenters. The van der Waals surface area contributed by atoms with Gasteiger partial charge in [0.25, 0.3) is 5.91 Å². The molecule has 1 amide bonds. The van der Waals surface area contributed by atoms with E-state index < -0.39 is 0 Å². The van der Waals surface area contributed by atoms with Crippen molar-refractivity contribution in [2.45, 2.75) is 46.2 Å². The largest absolute Gasteiger partial charge is 0.396 e. The van der Waals surface area contributed by atoms with Gasteiger partial charge >= 0.3 is 0 Å². The summed E-state index contributed by atoms with van der Waals surface area (Å²) in [5.74, 6) is 0.615. The van der Waals surface area contributed by atoms with Gasteiger partial charge in [-0.25, -0.2) is 0 Å². The van der Waals surface area contributed by atoms with E-state index in [0.29, 0.717) is 17.5 Å². The maximum absolute atomic E-state index is 12.6. The van der Waals surface area contributed by atoms with Gasteiger partial charge in [0.15, 0.2) is 0 Å². The lowest BCUT2D eigenvalue weighted by atomic mass is 10.0. The number of anilines is 1. The molecule has 1 aliphatic rings. The highest BCUT2D eigenvalue weighted by Gasteiger charge is 2.21. The Morgan fingerprint density at radius 3 is 2.65 bits per heavy atom. The molecule has 126 valence electrons. The van der Waals surface area contributed by atoms with Crippen molar-refractivity contribution < 1.29 is 9.90 Å². The quantitative estimate of drug-likeness (QED) is 0.707. The number of benzene rings is 1. The van der Waals surface area contributed by atoms with Gasteiger partial charge in [0, 0.05) is 35.9 Å². The molecule has 0 aliphatic heterocycles. The van der Waals surface area contributed by atoms with Crippen LogP contribution < -0.4 is 10.6 Å². The van der Waals surface area contributed by atoms with Gasteiger partial charge in [-0.1, -0.05) is 32.1 Å². The van der Waals surface area contributed by atoms with Crippen molar-refractivity contribution in [1.82, 2.24) is 5.32 Å².